The fraction of sp³-hybridized carbons (Fsp3) is 0. The highest BCUT2D eigenvalue weighted by Crippen LogP contribution is 2.22. The molecule has 3 rings (SSSR count). The minimum atomic E-state index is -4.20. The van der Waals surface area contributed by atoms with Gasteiger partial charge in [-0.15, -0.1) is 0 Å². The van der Waals surface area contributed by atoms with Crippen molar-refractivity contribution in [2.45, 2.75) is 4.90 Å². The Kier molecular flexibility index (Phi) is 3.61. The van der Waals surface area contributed by atoms with Crippen LogP contribution in [0, 0.1) is 0 Å². The Morgan fingerprint density at radius 3 is 2.41 bits per heavy atom. The third kappa shape index (κ3) is 3.13. The predicted octanol–water partition coefficient (Wildman–Crippen LogP) is 2.31. The van der Waals surface area contributed by atoms with Gasteiger partial charge in [0, 0.05) is 18.5 Å². The lowest BCUT2D eigenvalue weighted by Gasteiger charge is -2.06. The Morgan fingerprint density at radius 1 is 1.09 bits per heavy atom. The standard InChI is InChI=1S/C14H11N3O4S/c18-22(19,20)13-4-2-12(3-5-13)21-14-6-1-11(9-16-14)17-8-7-15-10-17/h1-10H,(H,18,19,20). The summed E-state index contributed by atoms with van der Waals surface area (Å²) >= 11 is 0. The number of ether oxygens (including phenoxy) is 1. The largest absolute Gasteiger partial charge is 0.439 e. The molecule has 8 heteroatoms. The molecule has 112 valence electrons. The van der Waals surface area contributed by atoms with E-state index < -0.39 is 10.1 Å². The van der Waals surface area contributed by atoms with E-state index >= 15 is 0 Å². The number of aromatic nitrogens is 3. The average molecular weight is 317 g/mol. The molecule has 2 heterocycles. The fourth-order valence-electron chi connectivity index (χ4n) is 1.80. The van der Waals surface area contributed by atoms with E-state index in [0.29, 0.717) is 11.6 Å². The highest BCUT2D eigenvalue weighted by molar-refractivity contribution is 7.85. The van der Waals surface area contributed by atoms with Crippen molar-refractivity contribution in [2.75, 3.05) is 0 Å². The molecule has 0 saturated heterocycles. The zero-order valence-corrected chi connectivity index (χ0v) is 12.0. The molecule has 0 unspecified atom stereocenters. The number of pyridine rings is 1. The van der Waals surface area contributed by atoms with Gasteiger partial charge in [0.1, 0.15) is 5.75 Å². The van der Waals surface area contributed by atoms with Gasteiger partial charge in [-0.3, -0.25) is 4.55 Å². The molecule has 0 atom stereocenters. The molecule has 0 saturated carbocycles. The fourth-order valence-corrected chi connectivity index (χ4v) is 2.28. The number of hydrogen-bond donors (Lipinski definition) is 1. The maximum atomic E-state index is 10.9. The third-order valence-corrected chi connectivity index (χ3v) is 3.74. The van der Waals surface area contributed by atoms with Crippen molar-refractivity contribution < 1.29 is 17.7 Å². The summed E-state index contributed by atoms with van der Waals surface area (Å²) in [5.41, 5.74) is 0.839. The molecule has 22 heavy (non-hydrogen) atoms. The first kappa shape index (κ1) is 14.2. The van der Waals surface area contributed by atoms with Gasteiger partial charge in [0.15, 0.2) is 0 Å². The van der Waals surface area contributed by atoms with E-state index in [1.165, 1.54) is 24.3 Å². The van der Waals surface area contributed by atoms with Crippen LogP contribution in [-0.4, -0.2) is 27.5 Å². The van der Waals surface area contributed by atoms with Gasteiger partial charge >= 0.3 is 0 Å². The van der Waals surface area contributed by atoms with Gasteiger partial charge in [0.25, 0.3) is 10.1 Å². The summed E-state index contributed by atoms with van der Waals surface area (Å²) < 4.78 is 38.1. The zero-order valence-electron chi connectivity index (χ0n) is 11.2. The van der Waals surface area contributed by atoms with Crippen molar-refractivity contribution in [3.8, 4) is 17.3 Å². The van der Waals surface area contributed by atoms with E-state index in [4.69, 9.17) is 9.29 Å². The summed E-state index contributed by atoms with van der Waals surface area (Å²) in [6, 6.07) is 8.89. The number of imidazole rings is 1. The number of hydrogen-bond acceptors (Lipinski definition) is 5. The van der Waals surface area contributed by atoms with Crippen molar-refractivity contribution in [3.05, 3.63) is 61.3 Å². The van der Waals surface area contributed by atoms with Crippen LogP contribution in [0.3, 0.4) is 0 Å². The van der Waals surface area contributed by atoms with Gasteiger partial charge < -0.3 is 9.30 Å². The Labute approximate surface area is 126 Å². The van der Waals surface area contributed by atoms with E-state index in [-0.39, 0.29) is 4.90 Å². The second-order valence-corrected chi connectivity index (χ2v) is 5.79. The summed E-state index contributed by atoms with van der Waals surface area (Å²) in [5, 5.41) is 0. The van der Waals surface area contributed by atoms with Crippen LogP contribution in [0.15, 0.2) is 66.2 Å². The summed E-state index contributed by atoms with van der Waals surface area (Å²) in [7, 11) is -4.20. The van der Waals surface area contributed by atoms with Gasteiger partial charge in [-0.1, -0.05) is 0 Å². The van der Waals surface area contributed by atoms with Crippen LogP contribution < -0.4 is 4.74 Å². The SMILES string of the molecule is O=S(=O)(O)c1ccc(Oc2ccc(-n3ccnc3)cn2)cc1. The molecule has 7 nitrogen and oxygen atoms in total. The molecular formula is C14H11N3O4S. The minimum Gasteiger partial charge on any atom is -0.439 e. The van der Waals surface area contributed by atoms with Gasteiger partial charge in [0.2, 0.25) is 5.88 Å². The normalized spacial score (nSPS) is 11.3. The van der Waals surface area contributed by atoms with E-state index in [1.807, 2.05) is 6.07 Å². The molecule has 0 amide bonds. The van der Waals surface area contributed by atoms with Crippen LogP contribution in [0.25, 0.3) is 5.69 Å². The van der Waals surface area contributed by atoms with Gasteiger partial charge in [-0.05, 0) is 30.3 Å². The molecule has 0 bridgehead atoms. The molecule has 0 spiro atoms. The van der Waals surface area contributed by atoms with Crippen molar-refractivity contribution >= 4 is 10.1 Å². The summed E-state index contributed by atoms with van der Waals surface area (Å²) in [4.78, 5) is 7.92. The lowest BCUT2D eigenvalue weighted by molar-refractivity contribution is 0.461. The molecule has 0 radical (unpaired) electrons. The van der Waals surface area contributed by atoms with Crippen molar-refractivity contribution in [1.29, 1.82) is 0 Å². The number of rotatable bonds is 4. The summed E-state index contributed by atoms with van der Waals surface area (Å²) in [6.07, 6.45) is 6.75. The third-order valence-electron chi connectivity index (χ3n) is 2.87. The van der Waals surface area contributed by atoms with Crippen LogP contribution in [0.5, 0.6) is 11.6 Å². The number of nitrogens with zero attached hydrogens (tertiary/aromatic N) is 3. The van der Waals surface area contributed by atoms with E-state index in [2.05, 4.69) is 9.97 Å². The van der Waals surface area contributed by atoms with Gasteiger partial charge in [0.05, 0.1) is 23.1 Å². The van der Waals surface area contributed by atoms with Crippen molar-refractivity contribution in [3.63, 3.8) is 0 Å². The molecule has 0 aliphatic rings. The van der Waals surface area contributed by atoms with Crippen LogP contribution in [0.2, 0.25) is 0 Å². The topological polar surface area (TPSA) is 94.3 Å². The van der Waals surface area contributed by atoms with Crippen LogP contribution in [-0.2, 0) is 10.1 Å². The highest BCUT2D eigenvalue weighted by Gasteiger charge is 2.09. The summed E-state index contributed by atoms with van der Waals surface area (Å²) in [6.45, 7) is 0. The molecule has 0 aliphatic heterocycles. The first-order valence-corrected chi connectivity index (χ1v) is 7.66. The second-order valence-electron chi connectivity index (χ2n) is 4.37. The smallest absolute Gasteiger partial charge is 0.294 e. The predicted molar refractivity (Wildman–Crippen MR) is 77.7 cm³/mol. The Balaban J connectivity index is 1.76. The lowest BCUT2D eigenvalue weighted by Crippen LogP contribution is -1.97. The molecule has 0 aliphatic carbocycles. The van der Waals surface area contributed by atoms with Crippen LogP contribution in [0.4, 0.5) is 0 Å². The Morgan fingerprint density at radius 2 is 1.86 bits per heavy atom. The molecule has 3 aromatic rings. The van der Waals surface area contributed by atoms with Crippen molar-refractivity contribution in [1.82, 2.24) is 14.5 Å². The first-order valence-electron chi connectivity index (χ1n) is 6.22. The molecule has 1 aromatic carbocycles. The van der Waals surface area contributed by atoms with Gasteiger partial charge in [-0.2, -0.15) is 8.42 Å². The molecule has 1 N–H and O–H groups in total. The Bertz CT molecular complexity index is 857. The molecule has 0 fully saturated rings. The second kappa shape index (κ2) is 5.58. The maximum Gasteiger partial charge on any atom is 0.294 e. The Hall–Kier alpha value is -2.71. The number of benzene rings is 1. The van der Waals surface area contributed by atoms with E-state index in [0.717, 1.165) is 5.69 Å². The molecular weight excluding hydrogens is 306 g/mol. The van der Waals surface area contributed by atoms with Crippen LogP contribution in [0.1, 0.15) is 0 Å². The average Bonchev–Trinajstić information content (AvgIpc) is 3.02. The summed E-state index contributed by atoms with van der Waals surface area (Å²) in [5.74, 6) is 0.777. The first-order chi connectivity index (χ1) is 10.5. The highest BCUT2D eigenvalue weighted by atomic mass is 32.2. The van der Waals surface area contributed by atoms with E-state index in [9.17, 15) is 8.42 Å². The van der Waals surface area contributed by atoms with Gasteiger partial charge in [-0.25, -0.2) is 9.97 Å². The monoisotopic (exact) mass is 317 g/mol. The molecule has 2 aromatic heterocycles. The lowest BCUT2D eigenvalue weighted by atomic mass is 10.3. The minimum absolute atomic E-state index is 0.191. The maximum absolute atomic E-state index is 10.9. The van der Waals surface area contributed by atoms with Crippen molar-refractivity contribution in [2.24, 2.45) is 0 Å². The quantitative estimate of drug-likeness (QED) is 0.742. The van der Waals surface area contributed by atoms with E-state index in [1.54, 1.807) is 35.6 Å². The zero-order chi connectivity index (χ0) is 15.6. The van der Waals surface area contributed by atoms with Crippen LogP contribution >= 0.6 is 0 Å².